The molecular formula is C17H14ClNO4. The molecule has 4 N–H and O–H groups in total. The molecule has 1 aliphatic heterocycles. The van der Waals surface area contributed by atoms with E-state index in [0.717, 1.165) is 22.2 Å². The predicted molar refractivity (Wildman–Crippen MR) is 79.9 cm³/mol. The van der Waals surface area contributed by atoms with Gasteiger partial charge in [0.2, 0.25) is 5.69 Å². The second-order valence-electron chi connectivity index (χ2n) is 5.54. The quantitative estimate of drug-likeness (QED) is 0.320. The van der Waals surface area contributed by atoms with Crippen LogP contribution in [0.2, 0.25) is 0 Å². The first-order chi connectivity index (χ1) is 10.5. The second-order valence-corrected chi connectivity index (χ2v) is 5.54. The van der Waals surface area contributed by atoms with Gasteiger partial charge in [0, 0.05) is 12.5 Å². The number of aromatic nitrogens is 1. The summed E-state index contributed by atoms with van der Waals surface area (Å²) in [7, 11) is 0. The van der Waals surface area contributed by atoms with Gasteiger partial charge in [-0.25, -0.2) is 0 Å². The number of nitrogens with zero attached hydrogens (tertiary/aromatic N) is 1. The van der Waals surface area contributed by atoms with E-state index in [1.54, 1.807) is 24.4 Å². The molecule has 2 heterocycles. The van der Waals surface area contributed by atoms with Gasteiger partial charge in [-0.05, 0) is 35.2 Å². The number of hydrogen-bond donors (Lipinski definition) is 4. The summed E-state index contributed by atoms with van der Waals surface area (Å²) < 4.78 is 1.97. The van der Waals surface area contributed by atoms with Crippen molar-refractivity contribution >= 4 is 10.8 Å². The van der Waals surface area contributed by atoms with E-state index in [2.05, 4.69) is 0 Å². The molecule has 4 rings (SSSR count). The molecule has 1 aromatic heterocycles. The first kappa shape index (κ1) is 15.2. The minimum Gasteiger partial charge on any atom is -1.00 e. The van der Waals surface area contributed by atoms with Crippen molar-refractivity contribution in [1.29, 1.82) is 0 Å². The van der Waals surface area contributed by atoms with Crippen LogP contribution in [0.25, 0.3) is 22.0 Å². The maximum atomic E-state index is 10.00. The van der Waals surface area contributed by atoms with Crippen LogP contribution >= 0.6 is 0 Å². The number of pyridine rings is 1. The molecule has 118 valence electrons. The van der Waals surface area contributed by atoms with E-state index < -0.39 is 0 Å². The summed E-state index contributed by atoms with van der Waals surface area (Å²) in [5, 5.41) is 40.4. The average Bonchev–Trinajstić information content (AvgIpc) is 2.51. The van der Waals surface area contributed by atoms with Crippen LogP contribution < -0.4 is 17.0 Å². The minimum atomic E-state index is -0.152. The van der Waals surface area contributed by atoms with E-state index in [9.17, 15) is 20.4 Å². The van der Waals surface area contributed by atoms with Gasteiger partial charge in [0.1, 0.15) is 0 Å². The first-order valence-electron chi connectivity index (χ1n) is 6.98. The number of rotatable bonds is 0. The number of aryl methyl sites for hydroxylation is 2. The molecule has 0 radical (unpaired) electrons. The molecule has 6 heteroatoms. The molecule has 0 unspecified atom stereocenters. The molecule has 0 aliphatic carbocycles. The number of fused-ring (bicyclic) bond motifs is 4. The van der Waals surface area contributed by atoms with Crippen LogP contribution in [-0.4, -0.2) is 20.4 Å². The van der Waals surface area contributed by atoms with Crippen LogP contribution in [0, 0.1) is 0 Å². The average molecular weight is 332 g/mol. The Kier molecular flexibility index (Phi) is 3.45. The number of halogens is 1. The van der Waals surface area contributed by atoms with Crippen LogP contribution in [0.4, 0.5) is 0 Å². The topological polar surface area (TPSA) is 84.8 Å². The maximum Gasteiger partial charge on any atom is 0.213 e. The second kappa shape index (κ2) is 5.21. The molecule has 23 heavy (non-hydrogen) atoms. The van der Waals surface area contributed by atoms with Crippen molar-refractivity contribution in [2.75, 3.05) is 0 Å². The Morgan fingerprint density at radius 3 is 2.39 bits per heavy atom. The Labute approximate surface area is 138 Å². The van der Waals surface area contributed by atoms with Gasteiger partial charge in [-0.15, -0.1) is 0 Å². The lowest BCUT2D eigenvalue weighted by atomic mass is 9.95. The van der Waals surface area contributed by atoms with Crippen molar-refractivity contribution in [2.24, 2.45) is 0 Å². The third-order valence-electron chi connectivity index (χ3n) is 4.21. The molecule has 0 saturated carbocycles. The lowest BCUT2D eigenvalue weighted by molar-refractivity contribution is -0.686. The highest BCUT2D eigenvalue weighted by Crippen LogP contribution is 2.38. The third kappa shape index (κ3) is 2.21. The minimum absolute atomic E-state index is 0. The maximum absolute atomic E-state index is 10.00. The zero-order valence-corrected chi connectivity index (χ0v) is 12.7. The molecule has 2 aromatic carbocycles. The fourth-order valence-corrected chi connectivity index (χ4v) is 3.05. The summed E-state index contributed by atoms with van der Waals surface area (Å²) in [6, 6.07) is 8.24. The predicted octanol–water partition coefficient (Wildman–Crippen LogP) is -0.823. The number of hydrogen-bond acceptors (Lipinski definition) is 4. The van der Waals surface area contributed by atoms with Gasteiger partial charge < -0.3 is 32.8 Å². The molecule has 5 nitrogen and oxygen atoms in total. The van der Waals surface area contributed by atoms with Gasteiger partial charge in [-0.1, -0.05) is 0 Å². The Hall–Kier alpha value is -2.66. The van der Waals surface area contributed by atoms with Crippen LogP contribution in [0.15, 0.2) is 36.5 Å². The van der Waals surface area contributed by atoms with Crippen LogP contribution in [0.3, 0.4) is 0 Å². The molecule has 1 aliphatic rings. The van der Waals surface area contributed by atoms with E-state index in [4.69, 9.17) is 0 Å². The largest absolute Gasteiger partial charge is 1.00 e. The van der Waals surface area contributed by atoms with Gasteiger partial charge in [0.05, 0.1) is 10.9 Å². The highest BCUT2D eigenvalue weighted by Gasteiger charge is 2.26. The van der Waals surface area contributed by atoms with Crippen molar-refractivity contribution in [1.82, 2.24) is 0 Å². The van der Waals surface area contributed by atoms with Gasteiger partial charge in [-0.3, -0.25) is 0 Å². The standard InChI is InChI=1S/C17H13NO4.ClH/c19-14-2-1-9-5-13-11-7-16(21)15(20)6-10(11)3-4-18(13)8-12(9)17(14)22;/h1-2,5-8H,3-4H2,(H3,19,20,21,22);1H. The van der Waals surface area contributed by atoms with Crippen molar-refractivity contribution in [3.63, 3.8) is 0 Å². The van der Waals surface area contributed by atoms with E-state index in [0.29, 0.717) is 18.4 Å². The lowest BCUT2D eigenvalue weighted by Gasteiger charge is -2.16. The monoisotopic (exact) mass is 331 g/mol. The van der Waals surface area contributed by atoms with Crippen molar-refractivity contribution < 1.29 is 37.4 Å². The number of aromatic hydroxyl groups is 4. The summed E-state index contributed by atoms with van der Waals surface area (Å²) in [6.45, 7) is 0.692. The number of benzene rings is 2. The Bertz CT molecular complexity index is 940. The fourth-order valence-electron chi connectivity index (χ4n) is 3.05. The van der Waals surface area contributed by atoms with Crippen molar-refractivity contribution in [3.8, 4) is 34.3 Å². The van der Waals surface area contributed by atoms with Crippen molar-refractivity contribution in [3.05, 3.63) is 42.1 Å². The normalized spacial score (nSPS) is 12.3. The third-order valence-corrected chi connectivity index (χ3v) is 4.21. The fraction of sp³-hybridized carbons (Fsp3) is 0.118. The molecule has 0 atom stereocenters. The van der Waals surface area contributed by atoms with E-state index in [1.807, 2.05) is 10.6 Å². The van der Waals surface area contributed by atoms with E-state index in [1.165, 1.54) is 6.07 Å². The number of phenolic OH excluding ortho intramolecular Hbond substituents is 4. The summed E-state index contributed by atoms with van der Waals surface area (Å²) in [5.41, 5.74) is 2.72. The molecule has 0 saturated heterocycles. The van der Waals surface area contributed by atoms with Crippen LogP contribution in [-0.2, 0) is 13.0 Å². The molecule has 0 bridgehead atoms. The first-order valence-corrected chi connectivity index (χ1v) is 6.98. The van der Waals surface area contributed by atoms with E-state index >= 15 is 0 Å². The van der Waals surface area contributed by atoms with Gasteiger partial charge in [0.15, 0.2) is 35.7 Å². The van der Waals surface area contributed by atoms with Gasteiger partial charge in [0.25, 0.3) is 0 Å². The molecule has 0 fully saturated rings. The highest BCUT2D eigenvalue weighted by molar-refractivity contribution is 5.91. The molecule has 3 aromatic rings. The highest BCUT2D eigenvalue weighted by atomic mass is 35.5. The summed E-state index contributed by atoms with van der Waals surface area (Å²) >= 11 is 0. The lowest BCUT2D eigenvalue weighted by Crippen LogP contribution is -3.00. The molecule has 0 amide bonds. The summed E-state index contributed by atoms with van der Waals surface area (Å²) in [4.78, 5) is 0. The zero-order chi connectivity index (χ0) is 15.4. The molecule has 0 spiro atoms. The van der Waals surface area contributed by atoms with E-state index in [-0.39, 0.29) is 35.4 Å². The summed E-state index contributed by atoms with van der Waals surface area (Å²) in [6.07, 6.45) is 2.51. The summed E-state index contributed by atoms with van der Waals surface area (Å²) in [5.74, 6) is -0.546. The van der Waals surface area contributed by atoms with Gasteiger partial charge in [-0.2, -0.15) is 4.57 Å². The van der Waals surface area contributed by atoms with Gasteiger partial charge >= 0.3 is 0 Å². The Morgan fingerprint density at radius 2 is 1.61 bits per heavy atom. The number of phenols is 4. The molecular weight excluding hydrogens is 318 g/mol. The Morgan fingerprint density at radius 1 is 0.870 bits per heavy atom. The smallest absolute Gasteiger partial charge is 0.213 e. The van der Waals surface area contributed by atoms with Crippen LogP contribution in [0.1, 0.15) is 5.56 Å². The zero-order valence-electron chi connectivity index (χ0n) is 12.0. The Balaban J connectivity index is 0.00000156. The van der Waals surface area contributed by atoms with Crippen molar-refractivity contribution in [2.45, 2.75) is 13.0 Å². The van der Waals surface area contributed by atoms with Crippen LogP contribution in [0.5, 0.6) is 23.0 Å². The SMILES string of the molecule is Oc1cc2c(cc1O)-c1cc3ccc(O)c(O)c3c[n+]1CC2.[Cl-].